The third-order valence-electron chi connectivity index (χ3n) is 3.73. The highest BCUT2D eigenvalue weighted by atomic mass is 35.5. The average Bonchev–Trinajstić information content (AvgIpc) is 2.58. The number of nitrogens with one attached hydrogen (secondary N) is 1. The summed E-state index contributed by atoms with van der Waals surface area (Å²) >= 11 is 5.85. The van der Waals surface area contributed by atoms with E-state index in [4.69, 9.17) is 26.2 Å². The Balaban J connectivity index is -0.000000911. The van der Waals surface area contributed by atoms with Crippen LogP contribution in [0.25, 0.3) is 0 Å². The van der Waals surface area contributed by atoms with Crippen LogP contribution in [-0.4, -0.2) is 36.0 Å². The number of hydrogen-bond acceptors (Lipinski definition) is 5. The van der Waals surface area contributed by atoms with Gasteiger partial charge in [-0.25, -0.2) is 4.79 Å². The van der Waals surface area contributed by atoms with Crippen molar-refractivity contribution in [3.05, 3.63) is 34.9 Å². The molecule has 2 N–H and O–H groups in total. The number of aliphatic carboxylic acids is 1. The molecule has 0 saturated carbocycles. The molecule has 0 saturated heterocycles. The first-order valence-corrected chi connectivity index (χ1v) is 9.10. The molecule has 0 aromatic heterocycles. The third-order valence-corrected chi connectivity index (χ3v) is 3.98. The van der Waals surface area contributed by atoms with Crippen LogP contribution < -0.4 is 5.32 Å². The van der Waals surface area contributed by atoms with Gasteiger partial charge in [-0.15, -0.1) is 49.6 Å². The zero-order valence-electron chi connectivity index (χ0n) is 17.5. The molecule has 31 heavy (non-hydrogen) atoms. The Morgan fingerprint density at radius 1 is 0.968 bits per heavy atom. The van der Waals surface area contributed by atoms with E-state index in [1.807, 2.05) is 0 Å². The first kappa shape index (κ1) is 37.2. The van der Waals surface area contributed by atoms with Crippen molar-refractivity contribution in [3.8, 4) is 0 Å². The number of ether oxygens (including phenoxy) is 2. The van der Waals surface area contributed by atoms with E-state index in [9.17, 15) is 14.4 Å². The van der Waals surface area contributed by atoms with Crippen molar-refractivity contribution in [1.82, 2.24) is 5.32 Å². The smallest absolute Gasteiger partial charge is 0.410 e. The Kier molecular flexibility index (Phi) is 22.1. The minimum atomic E-state index is -1.02. The molecule has 1 aromatic rings. The Labute approximate surface area is 212 Å². The van der Waals surface area contributed by atoms with E-state index in [2.05, 4.69) is 5.32 Å². The van der Waals surface area contributed by atoms with Crippen LogP contribution in [-0.2, 0) is 19.1 Å². The van der Waals surface area contributed by atoms with Gasteiger partial charge in [0.05, 0.1) is 12.3 Å². The minimum absolute atomic E-state index is 0. The summed E-state index contributed by atoms with van der Waals surface area (Å²) in [5.74, 6) is -2.49. The summed E-state index contributed by atoms with van der Waals surface area (Å²) in [7, 11) is 0. The molecule has 12 heteroatoms. The first-order chi connectivity index (χ1) is 12.6. The Morgan fingerprint density at radius 2 is 1.48 bits per heavy atom. The van der Waals surface area contributed by atoms with Gasteiger partial charge in [-0.05, 0) is 17.7 Å². The summed E-state index contributed by atoms with van der Waals surface area (Å²) < 4.78 is 10.4. The molecule has 0 fully saturated rings. The van der Waals surface area contributed by atoms with Crippen molar-refractivity contribution in [2.24, 2.45) is 11.8 Å². The number of esters is 1. The third kappa shape index (κ3) is 14.5. The molecule has 0 aliphatic rings. The van der Waals surface area contributed by atoms with E-state index in [-0.39, 0.29) is 74.4 Å². The maximum Gasteiger partial charge on any atom is 0.410 e. The number of amides is 1. The highest BCUT2D eigenvalue weighted by Gasteiger charge is 2.25. The van der Waals surface area contributed by atoms with Crippen LogP contribution in [0.3, 0.4) is 0 Å². The quantitative estimate of drug-likeness (QED) is 0.314. The van der Waals surface area contributed by atoms with E-state index in [1.54, 1.807) is 52.0 Å². The summed E-state index contributed by atoms with van der Waals surface area (Å²) in [6, 6.07) is 6.74. The van der Waals surface area contributed by atoms with Crippen LogP contribution in [0.15, 0.2) is 24.3 Å². The predicted molar refractivity (Wildman–Crippen MR) is 129 cm³/mol. The number of hydrogen-bond donors (Lipinski definition) is 2. The van der Waals surface area contributed by atoms with E-state index < -0.39 is 30.2 Å². The second kappa shape index (κ2) is 18.5. The summed E-state index contributed by atoms with van der Waals surface area (Å²) in [6.45, 7) is 6.93. The van der Waals surface area contributed by atoms with Crippen LogP contribution >= 0.6 is 61.2 Å². The van der Waals surface area contributed by atoms with Gasteiger partial charge in [0.25, 0.3) is 6.29 Å². The maximum absolute atomic E-state index is 12.1. The maximum atomic E-state index is 12.1. The van der Waals surface area contributed by atoms with Gasteiger partial charge in [0.1, 0.15) is 0 Å². The molecule has 1 rings (SSSR count). The highest BCUT2D eigenvalue weighted by Crippen LogP contribution is 2.21. The molecule has 0 spiro atoms. The molecule has 0 bridgehead atoms. The fourth-order valence-electron chi connectivity index (χ4n) is 2.15. The molecule has 0 unspecified atom stereocenters. The van der Waals surface area contributed by atoms with Gasteiger partial charge in [0, 0.05) is 23.4 Å². The standard InChI is InChI=1S/C19H26ClNO6.4ClH/c1-11(2)17(24)26-18(12(3)4)27-19(25)21-10-14(9-16(22)23)13-5-7-15(20)8-6-13;;;;/h5-8,11-12,14,18H,9-10H2,1-4H3,(H,21,25)(H,22,23);4*1H/t14-,18-;;;;/m0..../s1. The van der Waals surface area contributed by atoms with E-state index >= 15 is 0 Å². The summed E-state index contributed by atoms with van der Waals surface area (Å²) in [6.07, 6.45) is -1.97. The van der Waals surface area contributed by atoms with Gasteiger partial charge in [0.2, 0.25) is 0 Å². The Morgan fingerprint density at radius 3 is 1.90 bits per heavy atom. The second-order valence-electron chi connectivity index (χ2n) is 6.84. The fraction of sp³-hybridized carbons (Fsp3) is 0.526. The zero-order valence-corrected chi connectivity index (χ0v) is 21.6. The largest absolute Gasteiger partial charge is 0.481 e. The zero-order chi connectivity index (χ0) is 20.6. The molecule has 2 atom stereocenters. The van der Waals surface area contributed by atoms with Gasteiger partial charge < -0.3 is 19.9 Å². The van der Waals surface area contributed by atoms with Gasteiger partial charge in [-0.3, -0.25) is 9.59 Å². The van der Waals surface area contributed by atoms with Crippen molar-refractivity contribution < 1.29 is 29.0 Å². The fourth-order valence-corrected chi connectivity index (χ4v) is 2.28. The molecule has 0 aliphatic carbocycles. The second-order valence-corrected chi connectivity index (χ2v) is 7.27. The number of carboxylic acids is 1. The topological polar surface area (TPSA) is 102 Å². The number of benzene rings is 1. The van der Waals surface area contributed by atoms with Gasteiger partial charge in [-0.1, -0.05) is 51.4 Å². The van der Waals surface area contributed by atoms with E-state index in [1.165, 1.54) is 0 Å². The van der Waals surface area contributed by atoms with Crippen LogP contribution in [0.1, 0.15) is 45.6 Å². The van der Waals surface area contributed by atoms with Gasteiger partial charge in [0.15, 0.2) is 0 Å². The van der Waals surface area contributed by atoms with Crippen LogP contribution in [0, 0.1) is 11.8 Å². The van der Waals surface area contributed by atoms with E-state index in [0.717, 1.165) is 5.56 Å². The van der Waals surface area contributed by atoms with Crippen molar-refractivity contribution in [3.63, 3.8) is 0 Å². The monoisotopic (exact) mass is 543 g/mol. The molecule has 1 amide bonds. The summed E-state index contributed by atoms with van der Waals surface area (Å²) in [5, 5.41) is 12.2. The van der Waals surface area contributed by atoms with Crippen LogP contribution in [0.4, 0.5) is 4.79 Å². The van der Waals surface area contributed by atoms with Crippen LogP contribution in [0.2, 0.25) is 5.02 Å². The lowest BCUT2D eigenvalue weighted by molar-refractivity contribution is -0.178. The lowest BCUT2D eigenvalue weighted by Gasteiger charge is -2.23. The van der Waals surface area contributed by atoms with Gasteiger partial charge in [-0.2, -0.15) is 0 Å². The number of halogens is 5. The predicted octanol–water partition coefficient (Wildman–Crippen LogP) is 5.49. The SMILES string of the molecule is CC(C)C(=O)O[C@@H](OC(=O)NC[C@H](CC(=O)O)c1ccc(Cl)cc1)C(C)C.Cl.Cl.Cl.Cl. The number of alkyl carbamates (subject to hydrolysis) is 1. The molecule has 1 aromatic carbocycles. The number of carbonyl (C=O) groups excluding carboxylic acids is 2. The molecule has 7 nitrogen and oxygen atoms in total. The Bertz CT molecular complexity index is 658. The van der Waals surface area contributed by atoms with Crippen molar-refractivity contribution in [2.45, 2.75) is 46.3 Å². The lowest BCUT2D eigenvalue weighted by atomic mass is 9.96. The average molecular weight is 546 g/mol. The highest BCUT2D eigenvalue weighted by molar-refractivity contribution is 6.30. The van der Waals surface area contributed by atoms with E-state index in [0.29, 0.717) is 5.02 Å². The molecule has 182 valence electrons. The van der Waals surface area contributed by atoms with Crippen molar-refractivity contribution in [2.75, 3.05) is 6.54 Å². The molecule has 0 aliphatic heterocycles. The lowest BCUT2D eigenvalue weighted by Crippen LogP contribution is -2.37. The van der Waals surface area contributed by atoms with Crippen LogP contribution in [0.5, 0.6) is 0 Å². The molecular weight excluding hydrogens is 515 g/mol. The normalized spacial score (nSPS) is 11.5. The molecular formula is C19H30Cl5NO6. The summed E-state index contributed by atoms with van der Waals surface area (Å²) in [5.41, 5.74) is 0.730. The Hall–Kier alpha value is -1.12. The number of rotatable bonds is 9. The number of carbonyl (C=O) groups is 3. The number of carboxylic acid groups (broad SMARTS) is 1. The van der Waals surface area contributed by atoms with Crippen molar-refractivity contribution in [1.29, 1.82) is 0 Å². The molecule has 0 heterocycles. The molecule has 0 radical (unpaired) electrons. The van der Waals surface area contributed by atoms with Crippen molar-refractivity contribution >= 4 is 79.3 Å². The summed E-state index contributed by atoms with van der Waals surface area (Å²) in [4.78, 5) is 34.9. The first-order valence-electron chi connectivity index (χ1n) is 8.72. The van der Waals surface area contributed by atoms with Gasteiger partial charge >= 0.3 is 18.0 Å². The minimum Gasteiger partial charge on any atom is -0.481 e.